The highest BCUT2D eigenvalue weighted by molar-refractivity contribution is 6.30. The number of esters is 1. The zero-order valence-corrected chi connectivity index (χ0v) is 17.3. The number of benzene rings is 2. The van der Waals surface area contributed by atoms with E-state index in [0.717, 1.165) is 11.5 Å². The molecule has 0 aliphatic carbocycles. The molecule has 162 valence electrons. The number of amides is 2. The number of ether oxygens (including phenoxy) is 2. The molecule has 0 unspecified atom stereocenters. The summed E-state index contributed by atoms with van der Waals surface area (Å²) >= 11 is 6.18. The van der Waals surface area contributed by atoms with Gasteiger partial charge >= 0.3 is 5.97 Å². The van der Waals surface area contributed by atoms with Crippen LogP contribution in [0.5, 0.6) is 5.75 Å². The van der Waals surface area contributed by atoms with Gasteiger partial charge < -0.3 is 9.47 Å². The molecule has 11 heteroatoms. The maximum absolute atomic E-state index is 12.5. The Bertz CT molecular complexity index is 1310. The largest absolute Gasteiger partial charge is 0.497 e. The van der Waals surface area contributed by atoms with Crippen molar-refractivity contribution in [2.75, 3.05) is 13.7 Å². The lowest BCUT2D eigenvalue weighted by Gasteiger charge is -2.13. The first-order chi connectivity index (χ1) is 15.3. The van der Waals surface area contributed by atoms with Crippen molar-refractivity contribution < 1.29 is 28.8 Å². The lowest BCUT2D eigenvalue weighted by atomic mass is 10.1. The third-order valence-corrected chi connectivity index (χ3v) is 5.23. The molecule has 0 atom stereocenters. The van der Waals surface area contributed by atoms with Crippen molar-refractivity contribution in [3.63, 3.8) is 0 Å². The number of carbonyl (C=O) groups is 3. The zero-order valence-electron chi connectivity index (χ0n) is 16.5. The first kappa shape index (κ1) is 21.2. The number of nitro benzene ring substituents is 1. The van der Waals surface area contributed by atoms with Gasteiger partial charge in [-0.25, -0.2) is 4.98 Å². The molecule has 2 aromatic carbocycles. The van der Waals surface area contributed by atoms with Crippen LogP contribution in [0.4, 0.5) is 5.69 Å². The fraction of sp³-hybridized carbons (Fsp3) is 0.143. The summed E-state index contributed by atoms with van der Waals surface area (Å²) in [6.07, 6.45) is 0. The topological polar surface area (TPSA) is 129 Å². The van der Waals surface area contributed by atoms with Crippen LogP contribution in [0, 0.1) is 10.1 Å². The van der Waals surface area contributed by atoms with E-state index in [9.17, 15) is 24.5 Å². The molecule has 0 spiro atoms. The van der Waals surface area contributed by atoms with E-state index in [1.807, 2.05) is 0 Å². The second kappa shape index (κ2) is 8.23. The molecule has 0 saturated carbocycles. The molecule has 4 rings (SSSR count). The maximum atomic E-state index is 12.5. The van der Waals surface area contributed by atoms with Crippen LogP contribution in [-0.4, -0.2) is 46.2 Å². The molecular formula is C21H14ClN3O7. The van der Waals surface area contributed by atoms with Crippen LogP contribution in [0.2, 0.25) is 5.15 Å². The number of pyridine rings is 1. The number of aromatic nitrogens is 1. The maximum Gasteiger partial charge on any atom is 0.326 e. The number of imide groups is 1. The van der Waals surface area contributed by atoms with Gasteiger partial charge in [0.25, 0.3) is 17.5 Å². The van der Waals surface area contributed by atoms with Gasteiger partial charge in [-0.1, -0.05) is 17.7 Å². The Hall–Kier alpha value is -4.05. The molecule has 10 nitrogen and oxygen atoms in total. The van der Waals surface area contributed by atoms with E-state index in [-0.39, 0.29) is 22.9 Å². The number of methoxy groups -OCH3 is 1. The number of halogens is 1. The minimum Gasteiger partial charge on any atom is -0.497 e. The lowest BCUT2D eigenvalue weighted by molar-refractivity contribution is -0.385. The minimum atomic E-state index is -0.923. The number of nitrogens with zero attached hydrogens (tertiary/aromatic N) is 3. The fourth-order valence-corrected chi connectivity index (χ4v) is 3.54. The number of nitro groups is 1. The summed E-state index contributed by atoms with van der Waals surface area (Å²) in [7, 11) is 1.53. The van der Waals surface area contributed by atoms with Gasteiger partial charge in [0.05, 0.1) is 23.1 Å². The van der Waals surface area contributed by atoms with Gasteiger partial charge in [-0.2, -0.15) is 0 Å². The van der Waals surface area contributed by atoms with E-state index in [0.29, 0.717) is 21.7 Å². The predicted octanol–water partition coefficient (Wildman–Crippen LogP) is 3.14. The van der Waals surface area contributed by atoms with Gasteiger partial charge in [0.15, 0.2) is 0 Å². The van der Waals surface area contributed by atoms with Crippen LogP contribution in [0.15, 0.2) is 42.5 Å². The zero-order chi connectivity index (χ0) is 23.0. The Morgan fingerprint density at radius 3 is 2.69 bits per heavy atom. The van der Waals surface area contributed by atoms with E-state index in [4.69, 9.17) is 21.1 Å². The Labute approximate surface area is 185 Å². The molecule has 2 heterocycles. The molecule has 32 heavy (non-hydrogen) atoms. The van der Waals surface area contributed by atoms with E-state index < -0.39 is 34.9 Å². The van der Waals surface area contributed by atoms with E-state index >= 15 is 0 Å². The van der Waals surface area contributed by atoms with Crippen molar-refractivity contribution >= 4 is 46.0 Å². The molecule has 0 N–H and O–H groups in total. The first-order valence-corrected chi connectivity index (χ1v) is 9.60. The highest BCUT2D eigenvalue weighted by Gasteiger charge is 2.41. The van der Waals surface area contributed by atoms with Gasteiger partial charge in [0, 0.05) is 23.1 Å². The Morgan fingerprint density at radius 1 is 1.19 bits per heavy atom. The third kappa shape index (κ3) is 3.71. The van der Waals surface area contributed by atoms with Crippen molar-refractivity contribution in [3.05, 3.63) is 74.4 Å². The second-order valence-corrected chi connectivity index (χ2v) is 7.17. The Balaban J connectivity index is 1.47. The highest BCUT2D eigenvalue weighted by Crippen LogP contribution is 2.30. The predicted molar refractivity (Wildman–Crippen MR) is 112 cm³/mol. The average Bonchev–Trinajstić information content (AvgIpc) is 3.02. The van der Waals surface area contributed by atoms with Gasteiger partial charge in [-0.05, 0) is 24.3 Å². The minimum absolute atomic E-state index is 0.120. The number of fused-ring (bicyclic) bond motifs is 2. The van der Waals surface area contributed by atoms with E-state index in [1.165, 1.54) is 19.2 Å². The summed E-state index contributed by atoms with van der Waals surface area (Å²) in [5, 5.41) is 12.0. The number of rotatable bonds is 6. The summed E-state index contributed by atoms with van der Waals surface area (Å²) in [5.41, 5.74) is 0.0526. The van der Waals surface area contributed by atoms with Gasteiger partial charge in [0.1, 0.15) is 29.6 Å². The summed E-state index contributed by atoms with van der Waals surface area (Å²) < 4.78 is 10.3. The molecule has 0 saturated heterocycles. The molecule has 1 aliphatic rings. The van der Waals surface area contributed by atoms with Crippen molar-refractivity contribution in [2.45, 2.75) is 6.61 Å². The second-order valence-electron chi connectivity index (χ2n) is 6.81. The standard InChI is InChI=1S/C21H14ClN3O7/c1-31-13-6-5-11-7-12(19(22)23-15(11)8-13)10-32-17(26)9-24-20(27)14-3-2-4-16(25(29)30)18(14)21(24)28/h2-8H,9-10H2,1H3. The molecule has 0 radical (unpaired) electrons. The van der Waals surface area contributed by atoms with Gasteiger partial charge in [0.2, 0.25) is 0 Å². The summed E-state index contributed by atoms with van der Waals surface area (Å²) in [6, 6.07) is 10.6. The van der Waals surface area contributed by atoms with Crippen LogP contribution in [-0.2, 0) is 16.1 Å². The lowest BCUT2D eigenvalue weighted by Crippen LogP contribution is -2.35. The van der Waals surface area contributed by atoms with Crippen molar-refractivity contribution in [3.8, 4) is 5.75 Å². The molecule has 0 bridgehead atoms. The molecular weight excluding hydrogens is 442 g/mol. The first-order valence-electron chi connectivity index (χ1n) is 9.22. The molecule has 3 aromatic rings. The van der Waals surface area contributed by atoms with Crippen LogP contribution in [0.1, 0.15) is 26.3 Å². The van der Waals surface area contributed by atoms with Crippen LogP contribution >= 0.6 is 11.6 Å². The molecule has 0 fully saturated rings. The molecule has 2 amide bonds. The van der Waals surface area contributed by atoms with E-state index in [1.54, 1.807) is 24.3 Å². The fourth-order valence-electron chi connectivity index (χ4n) is 3.34. The van der Waals surface area contributed by atoms with Crippen molar-refractivity contribution in [1.29, 1.82) is 0 Å². The number of hydrogen-bond acceptors (Lipinski definition) is 8. The molecule has 1 aliphatic heterocycles. The third-order valence-electron chi connectivity index (χ3n) is 4.90. The van der Waals surface area contributed by atoms with Crippen molar-refractivity contribution in [2.24, 2.45) is 0 Å². The quantitative estimate of drug-likeness (QED) is 0.182. The normalized spacial score (nSPS) is 12.8. The van der Waals surface area contributed by atoms with Crippen LogP contribution in [0.3, 0.4) is 0 Å². The SMILES string of the molecule is COc1ccc2cc(COC(=O)CN3C(=O)c4cccc([N+](=O)[O-])c4C3=O)c(Cl)nc2c1. The Kier molecular flexibility index (Phi) is 5.45. The van der Waals surface area contributed by atoms with Gasteiger partial charge in [-0.15, -0.1) is 0 Å². The van der Waals surface area contributed by atoms with E-state index in [2.05, 4.69) is 4.98 Å². The van der Waals surface area contributed by atoms with Crippen molar-refractivity contribution in [1.82, 2.24) is 9.88 Å². The average molecular weight is 456 g/mol. The smallest absolute Gasteiger partial charge is 0.326 e. The van der Waals surface area contributed by atoms with Crippen LogP contribution < -0.4 is 4.74 Å². The highest BCUT2D eigenvalue weighted by atomic mass is 35.5. The van der Waals surface area contributed by atoms with Gasteiger partial charge in [-0.3, -0.25) is 29.4 Å². The van der Waals surface area contributed by atoms with Crippen LogP contribution in [0.25, 0.3) is 10.9 Å². The summed E-state index contributed by atoms with van der Waals surface area (Å²) in [6.45, 7) is -0.935. The molecule has 1 aromatic heterocycles. The Morgan fingerprint density at radius 2 is 1.97 bits per heavy atom. The monoisotopic (exact) mass is 455 g/mol. The number of carbonyl (C=O) groups excluding carboxylic acids is 3. The summed E-state index contributed by atoms with van der Waals surface area (Å²) in [5.74, 6) is -1.99. The summed E-state index contributed by atoms with van der Waals surface area (Å²) in [4.78, 5) is 52.6. The number of hydrogen-bond donors (Lipinski definition) is 0.